The average Bonchev–Trinajstić information content (AvgIpc) is 2.16. The molecule has 2 heteroatoms. The van der Waals surface area contributed by atoms with Crippen molar-refractivity contribution in [2.24, 2.45) is 5.92 Å². The molecule has 0 unspecified atom stereocenters. The number of aliphatic hydroxyl groups is 1. The number of hydrogen-bond acceptors (Lipinski definition) is 2. The summed E-state index contributed by atoms with van der Waals surface area (Å²) in [5.41, 5.74) is 0. The lowest BCUT2D eigenvalue weighted by atomic mass is 9.86. The summed E-state index contributed by atoms with van der Waals surface area (Å²) in [7, 11) is 0. The van der Waals surface area contributed by atoms with Crippen molar-refractivity contribution in [1.29, 1.82) is 0 Å². The van der Waals surface area contributed by atoms with Gasteiger partial charge in [-0.15, -0.1) is 0 Å². The third-order valence-corrected chi connectivity index (χ3v) is 3.30. The van der Waals surface area contributed by atoms with Crippen LogP contribution in [0, 0.1) is 5.92 Å². The molecule has 0 atom stereocenters. The molecule has 13 heavy (non-hydrogen) atoms. The van der Waals surface area contributed by atoms with Crippen LogP contribution in [0.2, 0.25) is 0 Å². The molecule has 2 nitrogen and oxygen atoms in total. The standard InChI is InChI=1S/C11H23NO/c1-3-12(8-9-13)11-6-4-10(2)5-7-11/h10-11,13H,3-9H2,1-2H3. The molecular weight excluding hydrogens is 162 g/mol. The van der Waals surface area contributed by atoms with Crippen LogP contribution >= 0.6 is 0 Å². The van der Waals surface area contributed by atoms with Crippen molar-refractivity contribution in [3.63, 3.8) is 0 Å². The van der Waals surface area contributed by atoms with Gasteiger partial charge < -0.3 is 5.11 Å². The van der Waals surface area contributed by atoms with Gasteiger partial charge in [-0.3, -0.25) is 4.90 Å². The van der Waals surface area contributed by atoms with Gasteiger partial charge in [0.25, 0.3) is 0 Å². The Labute approximate surface area is 81.9 Å². The molecule has 0 bridgehead atoms. The molecule has 78 valence electrons. The van der Waals surface area contributed by atoms with Crippen molar-refractivity contribution in [3.8, 4) is 0 Å². The molecule has 0 spiro atoms. The number of aliphatic hydroxyl groups excluding tert-OH is 1. The molecule has 0 aromatic carbocycles. The monoisotopic (exact) mass is 185 g/mol. The van der Waals surface area contributed by atoms with Crippen molar-refractivity contribution in [2.75, 3.05) is 19.7 Å². The summed E-state index contributed by atoms with van der Waals surface area (Å²) < 4.78 is 0. The Kier molecular flexibility index (Phi) is 4.74. The van der Waals surface area contributed by atoms with E-state index < -0.39 is 0 Å². The van der Waals surface area contributed by atoms with Crippen molar-refractivity contribution < 1.29 is 5.11 Å². The largest absolute Gasteiger partial charge is 0.395 e. The minimum absolute atomic E-state index is 0.305. The molecule has 0 aromatic rings. The Hall–Kier alpha value is -0.0800. The summed E-state index contributed by atoms with van der Waals surface area (Å²) in [6.07, 6.45) is 5.39. The van der Waals surface area contributed by atoms with Crippen LogP contribution in [0.15, 0.2) is 0 Å². The van der Waals surface area contributed by atoms with Crippen molar-refractivity contribution in [2.45, 2.75) is 45.6 Å². The summed E-state index contributed by atoms with van der Waals surface area (Å²) in [6, 6.07) is 0.744. The Morgan fingerprint density at radius 2 is 1.85 bits per heavy atom. The Morgan fingerprint density at radius 3 is 2.31 bits per heavy atom. The van der Waals surface area contributed by atoms with Crippen molar-refractivity contribution in [3.05, 3.63) is 0 Å². The van der Waals surface area contributed by atoms with Gasteiger partial charge in [-0.25, -0.2) is 0 Å². The maximum Gasteiger partial charge on any atom is 0.0558 e. The van der Waals surface area contributed by atoms with Gasteiger partial charge >= 0.3 is 0 Å². The second kappa shape index (κ2) is 5.61. The van der Waals surface area contributed by atoms with E-state index in [9.17, 15) is 0 Å². The van der Waals surface area contributed by atoms with Gasteiger partial charge in [0.1, 0.15) is 0 Å². The van der Waals surface area contributed by atoms with E-state index in [1.807, 2.05) is 0 Å². The summed E-state index contributed by atoms with van der Waals surface area (Å²) in [5, 5.41) is 8.91. The molecule has 0 amide bonds. The zero-order valence-electron chi connectivity index (χ0n) is 9.00. The van der Waals surface area contributed by atoms with Gasteiger partial charge in [-0.2, -0.15) is 0 Å². The second-order valence-electron chi connectivity index (χ2n) is 4.27. The molecule has 1 N–H and O–H groups in total. The molecular formula is C11H23NO. The predicted molar refractivity (Wildman–Crippen MR) is 55.8 cm³/mol. The summed E-state index contributed by atoms with van der Waals surface area (Å²) >= 11 is 0. The molecule has 0 heterocycles. The highest BCUT2D eigenvalue weighted by Gasteiger charge is 2.22. The predicted octanol–water partition coefficient (Wildman–Crippen LogP) is 1.88. The van der Waals surface area contributed by atoms with Gasteiger partial charge in [0.05, 0.1) is 6.61 Å². The number of rotatable bonds is 4. The van der Waals surface area contributed by atoms with E-state index in [0.717, 1.165) is 25.0 Å². The summed E-state index contributed by atoms with van der Waals surface area (Å²) in [5.74, 6) is 0.920. The molecule has 1 rings (SSSR count). The Balaban J connectivity index is 2.32. The molecule has 1 fully saturated rings. The smallest absolute Gasteiger partial charge is 0.0558 e. The molecule has 1 saturated carbocycles. The van der Waals surface area contributed by atoms with E-state index >= 15 is 0 Å². The fourth-order valence-electron chi connectivity index (χ4n) is 2.33. The molecule has 1 aliphatic rings. The maximum absolute atomic E-state index is 8.91. The first-order valence-corrected chi connectivity index (χ1v) is 5.62. The highest BCUT2D eigenvalue weighted by Crippen LogP contribution is 2.26. The van der Waals surface area contributed by atoms with Crippen LogP contribution in [0.5, 0.6) is 0 Å². The van der Waals surface area contributed by atoms with Crippen molar-refractivity contribution in [1.82, 2.24) is 4.90 Å². The lowest BCUT2D eigenvalue weighted by Crippen LogP contribution is -2.39. The van der Waals surface area contributed by atoms with E-state index in [1.165, 1.54) is 25.7 Å². The van der Waals surface area contributed by atoms with Crippen molar-refractivity contribution >= 4 is 0 Å². The molecule has 1 aliphatic carbocycles. The molecule has 0 aromatic heterocycles. The van der Waals surface area contributed by atoms with Gasteiger partial charge in [0, 0.05) is 12.6 Å². The normalized spacial score (nSPS) is 29.5. The van der Waals surface area contributed by atoms with Gasteiger partial charge in [0.15, 0.2) is 0 Å². The first-order valence-electron chi connectivity index (χ1n) is 5.62. The lowest BCUT2D eigenvalue weighted by molar-refractivity contribution is 0.119. The molecule has 0 radical (unpaired) electrons. The van der Waals surface area contributed by atoms with E-state index in [-0.39, 0.29) is 0 Å². The number of hydrogen-bond donors (Lipinski definition) is 1. The van der Waals surface area contributed by atoms with E-state index in [0.29, 0.717) is 6.61 Å². The average molecular weight is 185 g/mol. The van der Waals surface area contributed by atoms with Crippen LogP contribution in [0.3, 0.4) is 0 Å². The van der Waals surface area contributed by atoms with Gasteiger partial charge in [0.2, 0.25) is 0 Å². The third-order valence-electron chi connectivity index (χ3n) is 3.30. The Morgan fingerprint density at radius 1 is 1.23 bits per heavy atom. The zero-order chi connectivity index (χ0) is 9.68. The maximum atomic E-state index is 8.91. The lowest BCUT2D eigenvalue weighted by Gasteiger charge is -2.35. The van der Waals surface area contributed by atoms with E-state index in [1.54, 1.807) is 0 Å². The zero-order valence-corrected chi connectivity index (χ0v) is 9.00. The highest BCUT2D eigenvalue weighted by molar-refractivity contribution is 4.77. The van der Waals surface area contributed by atoms with E-state index in [4.69, 9.17) is 5.11 Å². The third kappa shape index (κ3) is 3.28. The fraction of sp³-hybridized carbons (Fsp3) is 1.00. The topological polar surface area (TPSA) is 23.5 Å². The SMILES string of the molecule is CCN(CCO)C1CCC(C)CC1. The molecule has 0 aliphatic heterocycles. The Bertz CT molecular complexity index is 130. The number of likely N-dealkylation sites (N-methyl/N-ethyl adjacent to an activating group) is 1. The first kappa shape index (κ1) is 11.0. The first-order chi connectivity index (χ1) is 6.27. The van der Waals surface area contributed by atoms with Crippen LogP contribution in [0.1, 0.15) is 39.5 Å². The van der Waals surface area contributed by atoms with Crippen LogP contribution < -0.4 is 0 Å². The summed E-state index contributed by atoms with van der Waals surface area (Å²) in [6.45, 7) is 6.78. The van der Waals surface area contributed by atoms with Gasteiger partial charge in [-0.1, -0.05) is 13.8 Å². The van der Waals surface area contributed by atoms with Crippen LogP contribution in [0.25, 0.3) is 0 Å². The summed E-state index contributed by atoms with van der Waals surface area (Å²) in [4.78, 5) is 2.42. The second-order valence-corrected chi connectivity index (χ2v) is 4.27. The number of nitrogens with zero attached hydrogens (tertiary/aromatic N) is 1. The quantitative estimate of drug-likeness (QED) is 0.723. The van der Waals surface area contributed by atoms with Crippen LogP contribution in [-0.4, -0.2) is 35.7 Å². The molecule has 0 saturated heterocycles. The van der Waals surface area contributed by atoms with Gasteiger partial charge in [-0.05, 0) is 38.1 Å². The highest BCUT2D eigenvalue weighted by atomic mass is 16.3. The fourth-order valence-corrected chi connectivity index (χ4v) is 2.33. The van der Waals surface area contributed by atoms with Crippen LogP contribution in [-0.2, 0) is 0 Å². The minimum atomic E-state index is 0.305. The van der Waals surface area contributed by atoms with E-state index in [2.05, 4.69) is 18.7 Å². The minimum Gasteiger partial charge on any atom is -0.395 e. The van der Waals surface area contributed by atoms with Crippen LogP contribution in [0.4, 0.5) is 0 Å².